The summed E-state index contributed by atoms with van der Waals surface area (Å²) in [7, 11) is 2.46. The number of rotatable bonds is 7. The van der Waals surface area contributed by atoms with Crippen LogP contribution in [-0.2, 0) is 21.8 Å². The van der Waals surface area contributed by atoms with Gasteiger partial charge < -0.3 is 14.2 Å². The van der Waals surface area contributed by atoms with Crippen LogP contribution in [0.2, 0.25) is 0 Å². The van der Waals surface area contributed by atoms with Crippen LogP contribution in [0.15, 0.2) is 54.1 Å². The summed E-state index contributed by atoms with van der Waals surface area (Å²) in [5.41, 5.74) is -2.28. The zero-order valence-electron chi connectivity index (χ0n) is 27.6. The van der Waals surface area contributed by atoms with E-state index < -0.39 is 70.4 Å². The van der Waals surface area contributed by atoms with E-state index >= 15 is 4.39 Å². The molecule has 50 heavy (non-hydrogen) atoms. The van der Waals surface area contributed by atoms with Gasteiger partial charge in [-0.2, -0.15) is 26.3 Å². The predicted octanol–water partition coefficient (Wildman–Crippen LogP) is 10.0. The molecule has 2 aliphatic rings. The Morgan fingerprint density at radius 2 is 1.56 bits per heavy atom. The van der Waals surface area contributed by atoms with E-state index in [1.54, 1.807) is 12.1 Å². The number of methoxy groups -OCH3 is 2. The average molecular weight is 712 g/mol. The quantitative estimate of drug-likeness (QED) is 0.180. The van der Waals surface area contributed by atoms with Crippen molar-refractivity contribution in [3.8, 4) is 16.9 Å². The first kappa shape index (κ1) is 36.7. The van der Waals surface area contributed by atoms with Gasteiger partial charge in [-0.15, -0.1) is 0 Å². The topological polar surface area (TPSA) is 65.1 Å². The molecule has 6 nitrogen and oxygen atoms in total. The Labute approximate surface area is 282 Å². The lowest BCUT2D eigenvalue weighted by atomic mass is 9.72. The van der Waals surface area contributed by atoms with Crippen LogP contribution in [0.25, 0.3) is 16.7 Å². The summed E-state index contributed by atoms with van der Waals surface area (Å²) in [6, 6.07) is 7.18. The fraction of sp³-hybridized carbons (Fsp3) is 0.389. The molecule has 3 aromatic rings. The number of halogens is 8. The van der Waals surface area contributed by atoms with Gasteiger partial charge in [-0.25, -0.2) is 18.4 Å². The standard InChI is InChI=1S/C36H33F8NO5/c1-18-31(20-12-22(35(39,40)41)15-23(13-20)36(42,43)44)50-33(47)45(18)17-21-16-34(2,3)11-10-24(21)27-14-19(6-9-28(27)48-4)25-7-8-26(32(46)49-5)30(38)29(25)37/h6-9,12-15,18,31H,10-11,16-17H2,1-5H3/t18-,31-/m0/s1. The number of benzene rings is 3. The molecular formula is C36H33F8NO5. The van der Waals surface area contributed by atoms with E-state index in [4.69, 9.17) is 9.47 Å². The van der Waals surface area contributed by atoms with Crippen molar-refractivity contribution in [2.24, 2.45) is 5.41 Å². The van der Waals surface area contributed by atoms with Crippen molar-refractivity contribution < 1.29 is 58.9 Å². The number of carbonyl (C=O) groups is 2. The molecule has 5 rings (SSSR count). The molecule has 1 fully saturated rings. The highest BCUT2D eigenvalue weighted by Gasteiger charge is 2.44. The maximum atomic E-state index is 15.3. The van der Waals surface area contributed by atoms with Crippen LogP contribution in [0, 0.1) is 17.0 Å². The molecule has 1 heterocycles. The summed E-state index contributed by atoms with van der Waals surface area (Å²) in [5.74, 6) is -3.32. The normalized spacial score (nSPS) is 19.5. The summed E-state index contributed by atoms with van der Waals surface area (Å²) in [4.78, 5) is 26.4. The number of carbonyl (C=O) groups excluding carboxylic acids is 2. The first-order valence-corrected chi connectivity index (χ1v) is 15.5. The molecule has 0 radical (unpaired) electrons. The third kappa shape index (κ3) is 7.15. The van der Waals surface area contributed by atoms with E-state index in [0.717, 1.165) is 18.7 Å². The number of amides is 1. The van der Waals surface area contributed by atoms with Crippen molar-refractivity contribution in [1.82, 2.24) is 4.90 Å². The van der Waals surface area contributed by atoms with Crippen LogP contribution in [-0.4, -0.2) is 43.8 Å². The van der Waals surface area contributed by atoms with Crippen molar-refractivity contribution in [3.05, 3.63) is 93.6 Å². The fourth-order valence-electron chi connectivity index (χ4n) is 6.55. The number of hydrogen-bond donors (Lipinski definition) is 0. The first-order chi connectivity index (χ1) is 23.3. The lowest BCUT2D eigenvalue weighted by Gasteiger charge is -2.36. The van der Waals surface area contributed by atoms with Gasteiger partial charge in [0.1, 0.15) is 11.9 Å². The second-order valence-electron chi connectivity index (χ2n) is 13.1. The molecule has 0 saturated carbocycles. The molecule has 268 valence electrons. The van der Waals surface area contributed by atoms with Crippen LogP contribution in [0.4, 0.5) is 39.9 Å². The Bertz CT molecular complexity index is 1830. The number of hydrogen-bond acceptors (Lipinski definition) is 5. The van der Waals surface area contributed by atoms with E-state index in [9.17, 15) is 40.3 Å². The van der Waals surface area contributed by atoms with Crippen LogP contribution in [0.3, 0.4) is 0 Å². The highest BCUT2D eigenvalue weighted by molar-refractivity contribution is 5.90. The van der Waals surface area contributed by atoms with Crippen molar-refractivity contribution in [3.63, 3.8) is 0 Å². The number of cyclic esters (lactones) is 1. The van der Waals surface area contributed by atoms with E-state index in [1.807, 2.05) is 13.8 Å². The Balaban J connectivity index is 1.56. The molecule has 1 aliphatic carbocycles. The van der Waals surface area contributed by atoms with Crippen LogP contribution < -0.4 is 4.74 Å². The highest BCUT2D eigenvalue weighted by Crippen LogP contribution is 2.47. The van der Waals surface area contributed by atoms with Crippen molar-refractivity contribution >= 4 is 17.6 Å². The van der Waals surface area contributed by atoms with Crippen molar-refractivity contribution in [2.75, 3.05) is 20.8 Å². The fourth-order valence-corrected chi connectivity index (χ4v) is 6.55. The number of alkyl halides is 6. The lowest BCUT2D eigenvalue weighted by Crippen LogP contribution is -2.35. The maximum Gasteiger partial charge on any atom is 0.416 e. The molecule has 1 amide bonds. The van der Waals surface area contributed by atoms with Crippen molar-refractivity contribution in [2.45, 2.75) is 64.5 Å². The van der Waals surface area contributed by atoms with Crippen LogP contribution in [0.5, 0.6) is 5.75 Å². The van der Waals surface area contributed by atoms with Crippen LogP contribution in [0.1, 0.15) is 78.7 Å². The molecular weight excluding hydrogens is 678 g/mol. The zero-order chi connectivity index (χ0) is 36.9. The lowest BCUT2D eigenvalue weighted by molar-refractivity contribution is -0.143. The van der Waals surface area contributed by atoms with E-state index in [0.29, 0.717) is 48.3 Å². The first-order valence-electron chi connectivity index (χ1n) is 15.5. The second kappa shape index (κ2) is 13.3. The minimum atomic E-state index is -5.08. The third-order valence-corrected chi connectivity index (χ3v) is 9.19. The summed E-state index contributed by atoms with van der Waals surface area (Å²) in [6.45, 7) is 5.42. The Morgan fingerprint density at radius 1 is 0.920 bits per heavy atom. The predicted molar refractivity (Wildman–Crippen MR) is 166 cm³/mol. The van der Waals surface area contributed by atoms with Gasteiger partial charge in [-0.05, 0) is 90.3 Å². The third-order valence-electron chi connectivity index (χ3n) is 9.19. The van der Waals surface area contributed by atoms with Gasteiger partial charge in [0.25, 0.3) is 0 Å². The molecule has 1 aliphatic heterocycles. The van der Waals surface area contributed by atoms with Gasteiger partial charge >= 0.3 is 24.4 Å². The highest BCUT2D eigenvalue weighted by atomic mass is 19.4. The van der Waals surface area contributed by atoms with Gasteiger partial charge in [0.05, 0.1) is 37.0 Å². The largest absolute Gasteiger partial charge is 0.496 e. The molecule has 0 N–H and O–H groups in total. The van der Waals surface area contributed by atoms with Crippen molar-refractivity contribution in [1.29, 1.82) is 0 Å². The van der Waals surface area contributed by atoms with E-state index in [2.05, 4.69) is 4.74 Å². The minimum Gasteiger partial charge on any atom is -0.496 e. The Hall–Kier alpha value is -4.62. The number of nitrogens with zero attached hydrogens (tertiary/aromatic N) is 1. The molecule has 0 unspecified atom stereocenters. The molecule has 3 aromatic carbocycles. The van der Waals surface area contributed by atoms with Gasteiger partial charge in [0.2, 0.25) is 0 Å². The molecule has 2 atom stereocenters. The van der Waals surface area contributed by atoms with E-state index in [1.165, 1.54) is 31.1 Å². The summed E-state index contributed by atoms with van der Waals surface area (Å²) in [6.07, 6.45) is -10.9. The maximum absolute atomic E-state index is 15.3. The molecule has 0 aromatic heterocycles. The summed E-state index contributed by atoms with van der Waals surface area (Å²) >= 11 is 0. The van der Waals surface area contributed by atoms with Gasteiger partial charge in [-0.1, -0.05) is 26.0 Å². The SMILES string of the molecule is COC(=O)c1ccc(-c2ccc(OC)c(C3=C(CN4C(=O)O[C@H](c5cc(C(F)(F)F)cc(C(F)(F)F)c5)[C@@H]4C)CC(C)(C)CC3)c2)c(F)c1F. The zero-order valence-corrected chi connectivity index (χ0v) is 27.6. The monoisotopic (exact) mass is 711 g/mol. The second-order valence-corrected chi connectivity index (χ2v) is 13.1. The van der Waals surface area contributed by atoms with Gasteiger partial charge in [-0.3, -0.25) is 4.90 Å². The Morgan fingerprint density at radius 3 is 2.14 bits per heavy atom. The molecule has 0 spiro atoms. The van der Waals surface area contributed by atoms with Crippen LogP contribution >= 0.6 is 0 Å². The number of allylic oxidation sites excluding steroid dienone is 1. The molecule has 1 saturated heterocycles. The average Bonchev–Trinajstić information content (AvgIpc) is 3.32. The van der Waals surface area contributed by atoms with Gasteiger partial charge in [0.15, 0.2) is 11.6 Å². The number of esters is 1. The summed E-state index contributed by atoms with van der Waals surface area (Å²) < 4.78 is 127. The van der Waals surface area contributed by atoms with Gasteiger partial charge in [0, 0.05) is 17.7 Å². The smallest absolute Gasteiger partial charge is 0.416 e. The molecule has 0 bridgehead atoms. The summed E-state index contributed by atoms with van der Waals surface area (Å²) in [5, 5.41) is 0. The minimum absolute atomic E-state index is 0.0131. The van der Waals surface area contributed by atoms with E-state index in [-0.39, 0.29) is 29.2 Å². The number of ether oxygens (including phenoxy) is 3. The molecule has 14 heteroatoms. The Kier molecular flexibility index (Phi) is 9.72.